The number of aryl methyl sites for hydroxylation is 1. The third-order valence-electron chi connectivity index (χ3n) is 2.49. The summed E-state index contributed by atoms with van der Waals surface area (Å²) in [5, 5.41) is 16.8. The van der Waals surface area contributed by atoms with Gasteiger partial charge in [0.25, 0.3) is 0 Å². The molecule has 0 aliphatic carbocycles. The minimum absolute atomic E-state index is 0. The Morgan fingerprint density at radius 3 is 2.48 bits per heavy atom. The van der Waals surface area contributed by atoms with E-state index in [1.165, 1.54) is 6.07 Å². The molecule has 7 nitrogen and oxygen atoms in total. The molecular weight excluding hydrogens is 300 g/mol. The molecule has 0 aliphatic heterocycles. The molecule has 0 unspecified atom stereocenters. The summed E-state index contributed by atoms with van der Waals surface area (Å²) >= 11 is 0. The van der Waals surface area contributed by atoms with Crippen molar-refractivity contribution in [2.24, 2.45) is 5.73 Å². The number of carboxylic acids is 1. The van der Waals surface area contributed by atoms with Crippen molar-refractivity contribution in [1.82, 2.24) is 0 Å². The average Bonchev–Trinajstić information content (AvgIpc) is 2.37. The summed E-state index contributed by atoms with van der Waals surface area (Å²) in [5.74, 6) is -1.18. The van der Waals surface area contributed by atoms with Crippen LogP contribution in [-0.2, 0) is 4.79 Å². The Hall–Kier alpha value is -2.09. The van der Waals surface area contributed by atoms with E-state index in [1.54, 1.807) is 12.1 Å². The van der Waals surface area contributed by atoms with E-state index in [-0.39, 0.29) is 18.0 Å². The predicted octanol–water partition coefficient (Wildman–Crippen LogP) is 0.496. The zero-order chi connectivity index (χ0) is 15.3. The summed E-state index contributed by atoms with van der Waals surface area (Å²) in [6, 6.07) is 5.64. The number of aliphatic hydroxyl groups excluding tert-OH is 1. The summed E-state index contributed by atoms with van der Waals surface area (Å²) in [6.45, 7) is 1.37. The number of rotatable bonds is 2. The van der Waals surface area contributed by atoms with Crippen molar-refractivity contribution in [3.05, 3.63) is 40.2 Å². The number of nitrogens with two attached hydrogens (primary N) is 2. The molecule has 8 heteroatoms. The van der Waals surface area contributed by atoms with Gasteiger partial charge < -0.3 is 26.1 Å². The van der Waals surface area contributed by atoms with E-state index >= 15 is 0 Å². The molecule has 1 heterocycles. The molecule has 6 N–H and O–H groups in total. The number of benzene rings is 1. The maximum atomic E-state index is 11.0. The number of aliphatic carboxylic acids is 1. The van der Waals surface area contributed by atoms with Gasteiger partial charge in [-0.15, -0.1) is 12.4 Å². The molecule has 21 heavy (non-hydrogen) atoms. The monoisotopic (exact) mass is 316 g/mol. The highest BCUT2D eigenvalue weighted by atomic mass is 35.5. The first-order valence-corrected chi connectivity index (χ1v) is 5.74. The van der Waals surface area contributed by atoms with E-state index in [9.17, 15) is 9.59 Å². The normalized spacial score (nSPS) is 11.0. The molecule has 0 saturated carbocycles. The van der Waals surface area contributed by atoms with Gasteiger partial charge in [-0.1, -0.05) is 0 Å². The molecule has 116 valence electrons. The van der Waals surface area contributed by atoms with Crippen LogP contribution >= 0.6 is 12.4 Å². The molecule has 1 aromatic carbocycles. The first-order chi connectivity index (χ1) is 9.35. The lowest BCUT2D eigenvalue weighted by Crippen LogP contribution is -2.33. The van der Waals surface area contributed by atoms with Gasteiger partial charge in [0.05, 0.1) is 6.61 Å². The summed E-state index contributed by atoms with van der Waals surface area (Å²) in [5.41, 5.74) is 12.0. The first kappa shape index (κ1) is 18.9. The van der Waals surface area contributed by atoms with Crippen LogP contribution in [0.15, 0.2) is 33.5 Å². The van der Waals surface area contributed by atoms with Gasteiger partial charge in [0.2, 0.25) is 0 Å². The van der Waals surface area contributed by atoms with E-state index in [2.05, 4.69) is 0 Å². The molecule has 0 fully saturated rings. The van der Waals surface area contributed by atoms with Gasteiger partial charge in [0.15, 0.2) is 0 Å². The van der Waals surface area contributed by atoms with Crippen molar-refractivity contribution >= 4 is 35.0 Å². The van der Waals surface area contributed by atoms with Crippen LogP contribution in [0.25, 0.3) is 11.0 Å². The number of carbonyl (C=O) groups is 1. The number of nitrogen functional groups attached to an aromatic ring is 1. The van der Waals surface area contributed by atoms with E-state index in [0.29, 0.717) is 11.3 Å². The molecule has 1 aromatic heterocycles. The molecule has 2 aromatic rings. The summed E-state index contributed by atoms with van der Waals surface area (Å²) in [6.07, 6.45) is 0. The van der Waals surface area contributed by atoms with Crippen LogP contribution in [0, 0.1) is 6.92 Å². The lowest BCUT2D eigenvalue weighted by molar-refractivity contribution is -0.139. The maximum absolute atomic E-state index is 11.0. The van der Waals surface area contributed by atoms with Crippen LogP contribution in [0.5, 0.6) is 0 Å². The Balaban J connectivity index is 0.000000436. The van der Waals surface area contributed by atoms with Gasteiger partial charge in [-0.3, -0.25) is 4.79 Å². The molecule has 0 saturated heterocycles. The zero-order valence-corrected chi connectivity index (χ0v) is 12.1. The standard InChI is InChI=1S/C10H9NO2.C3H7NO3.ClH/c1-6-4-10(12)13-9-5-7(11)2-3-8(6)9;4-2(1-5)3(6)7;/h2-5H,11H2,1H3;2,5H,1,4H2,(H,6,7);1H/t;2-;/m.0./s1. The van der Waals surface area contributed by atoms with Crippen LogP contribution < -0.4 is 17.1 Å². The summed E-state index contributed by atoms with van der Waals surface area (Å²) in [7, 11) is 0. The highest BCUT2D eigenvalue weighted by molar-refractivity contribution is 5.85. The summed E-state index contributed by atoms with van der Waals surface area (Å²) < 4.78 is 4.99. The Labute approximate surface area is 126 Å². The molecule has 0 amide bonds. The van der Waals surface area contributed by atoms with Crippen molar-refractivity contribution in [3.8, 4) is 0 Å². The summed E-state index contributed by atoms with van der Waals surface area (Å²) in [4.78, 5) is 20.7. The molecule has 0 aliphatic rings. The minimum Gasteiger partial charge on any atom is -0.480 e. The molecule has 0 spiro atoms. The van der Waals surface area contributed by atoms with E-state index in [4.69, 9.17) is 26.1 Å². The van der Waals surface area contributed by atoms with Gasteiger partial charge in [0.1, 0.15) is 11.6 Å². The van der Waals surface area contributed by atoms with Gasteiger partial charge in [-0.25, -0.2) is 4.79 Å². The molecule has 0 radical (unpaired) electrons. The molecule has 0 bridgehead atoms. The van der Waals surface area contributed by atoms with Crippen LogP contribution in [0.1, 0.15) is 5.56 Å². The number of halogens is 1. The second-order valence-corrected chi connectivity index (χ2v) is 4.13. The number of fused-ring (bicyclic) bond motifs is 1. The van der Waals surface area contributed by atoms with E-state index < -0.39 is 18.6 Å². The number of aliphatic hydroxyl groups is 1. The fraction of sp³-hybridized carbons (Fsp3) is 0.231. The van der Waals surface area contributed by atoms with Crippen LogP contribution in [0.3, 0.4) is 0 Å². The van der Waals surface area contributed by atoms with E-state index in [0.717, 1.165) is 10.9 Å². The highest BCUT2D eigenvalue weighted by Crippen LogP contribution is 2.18. The van der Waals surface area contributed by atoms with Gasteiger partial charge in [-0.2, -0.15) is 0 Å². The third kappa shape index (κ3) is 5.42. The van der Waals surface area contributed by atoms with Crippen LogP contribution in [-0.4, -0.2) is 28.8 Å². The second-order valence-electron chi connectivity index (χ2n) is 4.13. The minimum atomic E-state index is -1.18. The van der Waals surface area contributed by atoms with Crippen molar-refractivity contribution in [2.75, 3.05) is 12.3 Å². The predicted molar refractivity (Wildman–Crippen MR) is 81.6 cm³/mol. The van der Waals surface area contributed by atoms with Gasteiger partial charge in [-0.05, 0) is 24.6 Å². The fourth-order valence-electron chi connectivity index (χ4n) is 1.42. The lowest BCUT2D eigenvalue weighted by atomic mass is 10.1. The number of hydrogen-bond acceptors (Lipinski definition) is 6. The lowest BCUT2D eigenvalue weighted by Gasteiger charge is -2.00. The average molecular weight is 317 g/mol. The Bertz CT molecular complexity index is 671. The van der Waals surface area contributed by atoms with Crippen LogP contribution in [0.4, 0.5) is 5.69 Å². The van der Waals surface area contributed by atoms with Gasteiger partial charge in [0, 0.05) is 23.2 Å². The van der Waals surface area contributed by atoms with Crippen molar-refractivity contribution in [2.45, 2.75) is 13.0 Å². The smallest absolute Gasteiger partial charge is 0.336 e. The number of carboxylic acid groups (broad SMARTS) is 1. The van der Waals surface area contributed by atoms with Crippen LogP contribution in [0.2, 0.25) is 0 Å². The molecular formula is C13H17ClN2O5. The highest BCUT2D eigenvalue weighted by Gasteiger charge is 2.07. The SMILES string of the molecule is Cc1cc(=O)oc2cc(N)ccc12.Cl.N[C@@H](CO)C(=O)O. The maximum Gasteiger partial charge on any atom is 0.336 e. The third-order valence-corrected chi connectivity index (χ3v) is 2.49. The quantitative estimate of drug-likeness (QED) is 0.467. The van der Waals surface area contributed by atoms with E-state index in [1.807, 2.05) is 13.0 Å². The fourth-order valence-corrected chi connectivity index (χ4v) is 1.42. The number of hydrogen-bond donors (Lipinski definition) is 4. The van der Waals surface area contributed by atoms with Gasteiger partial charge >= 0.3 is 11.6 Å². The van der Waals surface area contributed by atoms with Crippen molar-refractivity contribution in [1.29, 1.82) is 0 Å². The van der Waals surface area contributed by atoms with Crippen molar-refractivity contribution < 1.29 is 19.4 Å². The zero-order valence-electron chi connectivity index (χ0n) is 11.3. The second kappa shape index (κ2) is 8.25. The van der Waals surface area contributed by atoms with Crippen molar-refractivity contribution in [3.63, 3.8) is 0 Å². The Kier molecular flexibility index (Phi) is 7.43. The Morgan fingerprint density at radius 1 is 1.38 bits per heavy atom. The Morgan fingerprint density at radius 2 is 2.00 bits per heavy atom. The largest absolute Gasteiger partial charge is 0.480 e. The first-order valence-electron chi connectivity index (χ1n) is 5.74. The number of anilines is 1. The molecule has 1 atom stereocenters. The molecule has 2 rings (SSSR count). The topological polar surface area (TPSA) is 140 Å².